The predicted molar refractivity (Wildman–Crippen MR) is 153 cm³/mol. The summed E-state index contributed by atoms with van der Waals surface area (Å²) in [5, 5.41) is 0. The second-order valence-electron chi connectivity index (χ2n) is 9.55. The normalized spacial score (nSPS) is 12.4. The molecule has 0 saturated heterocycles. The van der Waals surface area contributed by atoms with Crippen LogP contribution in [0.4, 0.5) is 0 Å². The summed E-state index contributed by atoms with van der Waals surface area (Å²) in [6.07, 6.45) is 10.2. The number of rotatable bonds is 20. The summed E-state index contributed by atoms with van der Waals surface area (Å²) in [5.74, 6) is 2.11. The third kappa shape index (κ3) is 14.0. The summed E-state index contributed by atoms with van der Waals surface area (Å²) in [7, 11) is -3.71. The van der Waals surface area contributed by atoms with Crippen molar-refractivity contribution < 1.29 is 22.1 Å². The molecule has 0 heterocycles. The van der Waals surface area contributed by atoms with E-state index in [9.17, 15) is 13.2 Å². The van der Waals surface area contributed by atoms with E-state index < -0.39 is 10.1 Å². The van der Waals surface area contributed by atoms with Crippen LogP contribution in [0.25, 0.3) is 0 Å². The van der Waals surface area contributed by atoms with Gasteiger partial charge in [-0.25, -0.2) is 0 Å². The lowest BCUT2D eigenvalue weighted by Gasteiger charge is -2.17. The zero-order valence-electron chi connectivity index (χ0n) is 22.5. The monoisotopic (exact) mass is 548 g/mol. The molecule has 1 unspecified atom stereocenters. The highest BCUT2D eigenvalue weighted by Gasteiger charge is 2.21. The molecule has 0 saturated carbocycles. The Hall–Kier alpha value is -1.83. The third-order valence-electron chi connectivity index (χ3n) is 6.16. The molecule has 0 fully saturated rings. The first kappa shape index (κ1) is 31.4. The highest BCUT2D eigenvalue weighted by Crippen LogP contribution is 2.21. The Labute approximate surface area is 228 Å². The molecule has 7 heteroatoms. The van der Waals surface area contributed by atoms with Crippen molar-refractivity contribution in [1.82, 2.24) is 0 Å². The lowest BCUT2D eigenvalue weighted by molar-refractivity contribution is -0.145. The highest BCUT2D eigenvalue weighted by molar-refractivity contribution is 7.99. The molecule has 206 valence electrons. The van der Waals surface area contributed by atoms with Crippen LogP contribution in [0.5, 0.6) is 0 Å². The van der Waals surface area contributed by atoms with Crippen molar-refractivity contribution in [2.24, 2.45) is 0 Å². The van der Waals surface area contributed by atoms with Gasteiger partial charge in [0.1, 0.15) is 6.61 Å². The molecule has 2 rings (SSSR count). The fourth-order valence-electron chi connectivity index (χ4n) is 3.99. The van der Waals surface area contributed by atoms with Crippen LogP contribution in [0.2, 0.25) is 0 Å². The summed E-state index contributed by atoms with van der Waals surface area (Å²) in [4.78, 5) is 12.1. The molecule has 0 aliphatic heterocycles. The average molecular weight is 549 g/mol. The predicted octanol–water partition coefficient (Wildman–Crippen LogP) is 7.86. The van der Waals surface area contributed by atoms with Gasteiger partial charge in [-0.05, 0) is 68.2 Å². The zero-order chi connectivity index (χ0) is 26.8. The van der Waals surface area contributed by atoms with E-state index in [0.717, 1.165) is 74.0 Å². The van der Waals surface area contributed by atoms with E-state index in [1.54, 1.807) is 24.3 Å². The summed E-state index contributed by atoms with van der Waals surface area (Å²) in [6.45, 7) is 4.35. The van der Waals surface area contributed by atoms with Crippen molar-refractivity contribution in [3.8, 4) is 0 Å². The van der Waals surface area contributed by atoms with Gasteiger partial charge < -0.3 is 4.74 Å². The molecule has 2 aromatic carbocycles. The van der Waals surface area contributed by atoms with Crippen molar-refractivity contribution in [3.05, 3.63) is 65.7 Å². The van der Waals surface area contributed by atoms with Crippen molar-refractivity contribution in [2.45, 2.75) is 102 Å². The molecule has 0 amide bonds. The minimum Gasteiger partial charge on any atom is -0.461 e. The maximum atomic E-state index is 12.6. The number of unbranched alkanes of at least 4 members (excludes halogenated alkanes) is 5. The van der Waals surface area contributed by atoms with Gasteiger partial charge in [-0.2, -0.15) is 20.2 Å². The standard InChI is InChI=1S/C30H44O5S2/c1-3-14-28(35-37(32,33)29-21-19-26(2)20-22-29)17-10-5-4-6-12-23-36-24-13-11-18-30(31)34-25-27-15-8-7-9-16-27/h7-9,15-16,19-22,28H,3-6,10-14,17-18,23-25H2,1-2H3. The van der Waals surface area contributed by atoms with Gasteiger partial charge in [-0.3, -0.25) is 8.98 Å². The number of hydrogen-bond donors (Lipinski definition) is 0. The van der Waals surface area contributed by atoms with E-state index in [2.05, 4.69) is 6.92 Å². The van der Waals surface area contributed by atoms with Crippen molar-refractivity contribution in [3.63, 3.8) is 0 Å². The van der Waals surface area contributed by atoms with E-state index in [1.807, 2.05) is 49.0 Å². The second kappa shape index (κ2) is 18.4. The van der Waals surface area contributed by atoms with Gasteiger partial charge in [0.2, 0.25) is 0 Å². The Bertz CT molecular complexity index is 975. The number of benzene rings is 2. The molecule has 37 heavy (non-hydrogen) atoms. The molecule has 5 nitrogen and oxygen atoms in total. The van der Waals surface area contributed by atoms with Gasteiger partial charge in [0.15, 0.2) is 0 Å². The second-order valence-corrected chi connectivity index (χ2v) is 12.3. The molecule has 0 spiro atoms. The summed E-state index contributed by atoms with van der Waals surface area (Å²) < 4.78 is 36.1. The molecule has 0 aliphatic rings. The minimum atomic E-state index is -3.71. The van der Waals surface area contributed by atoms with E-state index in [4.69, 9.17) is 8.92 Å². The van der Waals surface area contributed by atoms with Gasteiger partial charge in [-0.1, -0.05) is 87.1 Å². The largest absolute Gasteiger partial charge is 0.461 e. The van der Waals surface area contributed by atoms with E-state index in [0.29, 0.717) is 13.0 Å². The van der Waals surface area contributed by atoms with Crippen LogP contribution >= 0.6 is 11.8 Å². The Balaban J connectivity index is 1.45. The number of carbonyl (C=O) groups excluding carboxylic acids is 1. The third-order valence-corrected chi connectivity index (χ3v) is 8.69. The fraction of sp³-hybridized carbons (Fsp3) is 0.567. The molecular weight excluding hydrogens is 504 g/mol. The van der Waals surface area contributed by atoms with Gasteiger partial charge in [0, 0.05) is 6.42 Å². The molecule has 0 radical (unpaired) electrons. The van der Waals surface area contributed by atoms with Gasteiger partial charge in [-0.15, -0.1) is 0 Å². The molecule has 2 aromatic rings. The van der Waals surface area contributed by atoms with E-state index in [1.165, 1.54) is 12.8 Å². The first-order valence-corrected chi connectivity index (χ1v) is 16.2. The number of carbonyl (C=O) groups is 1. The lowest BCUT2D eigenvalue weighted by atomic mass is 10.1. The topological polar surface area (TPSA) is 69.7 Å². The SMILES string of the molecule is CCCC(CCCCCCCSCCCCC(=O)OCc1ccccc1)OS(=O)(=O)c1ccc(C)cc1. The number of ether oxygens (including phenoxy) is 1. The van der Waals surface area contributed by atoms with Crippen LogP contribution in [-0.2, 0) is 30.4 Å². The lowest BCUT2D eigenvalue weighted by Crippen LogP contribution is -2.18. The van der Waals surface area contributed by atoms with Crippen LogP contribution in [0, 0.1) is 6.92 Å². The average Bonchev–Trinajstić information content (AvgIpc) is 2.89. The quantitative estimate of drug-likeness (QED) is 0.0953. The highest BCUT2D eigenvalue weighted by atomic mass is 32.2. The van der Waals surface area contributed by atoms with E-state index >= 15 is 0 Å². The molecular formula is C30H44O5S2. The summed E-state index contributed by atoms with van der Waals surface area (Å²) >= 11 is 1.96. The smallest absolute Gasteiger partial charge is 0.306 e. The minimum absolute atomic E-state index is 0.117. The Morgan fingerprint density at radius 2 is 1.49 bits per heavy atom. The number of hydrogen-bond acceptors (Lipinski definition) is 6. The molecule has 0 N–H and O–H groups in total. The summed E-state index contributed by atoms with van der Waals surface area (Å²) in [6, 6.07) is 16.6. The molecule has 1 atom stereocenters. The van der Waals surface area contributed by atoms with Crippen molar-refractivity contribution in [2.75, 3.05) is 11.5 Å². The first-order valence-electron chi connectivity index (χ1n) is 13.7. The summed E-state index contributed by atoms with van der Waals surface area (Å²) in [5.41, 5.74) is 2.05. The number of aryl methyl sites for hydroxylation is 1. The molecule has 0 aromatic heterocycles. The van der Waals surface area contributed by atoms with Crippen LogP contribution in [-0.4, -0.2) is 32.0 Å². The first-order chi connectivity index (χ1) is 17.9. The van der Waals surface area contributed by atoms with Gasteiger partial charge in [0.25, 0.3) is 10.1 Å². The maximum absolute atomic E-state index is 12.6. The Kier molecular flexibility index (Phi) is 15.6. The van der Waals surface area contributed by atoms with E-state index in [-0.39, 0.29) is 17.0 Å². The Morgan fingerprint density at radius 3 is 2.19 bits per heavy atom. The van der Waals surface area contributed by atoms with Crippen LogP contribution in [0.15, 0.2) is 59.5 Å². The van der Waals surface area contributed by atoms with Crippen LogP contribution in [0.1, 0.15) is 88.7 Å². The molecule has 0 bridgehead atoms. The van der Waals surface area contributed by atoms with Gasteiger partial charge >= 0.3 is 5.97 Å². The van der Waals surface area contributed by atoms with Crippen LogP contribution < -0.4 is 0 Å². The van der Waals surface area contributed by atoms with Crippen molar-refractivity contribution >= 4 is 27.8 Å². The maximum Gasteiger partial charge on any atom is 0.306 e. The number of thioether (sulfide) groups is 1. The van der Waals surface area contributed by atoms with Crippen LogP contribution in [0.3, 0.4) is 0 Å². The van der Waals surface area contributed by atoms with Crippen molar-refractivity contribution in [1.29, 1.82) is 0 Å². The van der Waals surface area contributed by atoms with Gasteiger partial charge in [0.05, 0.1) is 11.0 Å². The zero-order valence-corrected chi connectivity index (χ0v) is 24.2. The fourth-order valence-corrected chi connectivity index (χ4v) is 6.15. The Morgan fingerprint density at radius 1 is 0.838 bits per heavy atom. The molecule has 0 aliphatic carbocycles. The number of esters is 1.